The van der Waals surface area contributed by atoms with Crippen molar-refractivity contribution in [3.63, 3.8) is 0 Å². The molecule has 2 rings (SSSR count). The van der Waals surface area contributed by atoms with Crippen molar-refractivity contribution in [1.82, 2.24) is 4.72 Å². The van der Waals surface area contributed by atoms with Gasteiger partial charge in [-0.2, -0.15) is 0 Å². The molecule has 122 valence electrons. The quantitative estimate of drug-likeness (QED) is 0.838. The molecule has 6 nitrogen and oxygen atoms in total. The first kappa shape index (κ1) is 16.9. The third kappa shape index (κ3) is 3.48. The smallest absolute Gasteiger partial charge is 0.240 e. The molecule has 7 heteroatoms. The molecule has 1 heterocycles. The minimum absolute atomic E-state index is 0.00140. The number of carbonyl (C=O) groups excluding carboxylic acids is 1. The molecule has 0 saturated carbocycles. The zero-order chi connectivity index (χ0) is 16.4. The molecule has 1 amide bonds. The third-order valence-corrected chi connectivity index (χ3v) is 5.75. The highest BCUT2D eigenvalue weighted by atomic mass is 32.2. The highest BCUT2D eigenvalue weighted by molar-refractivity contribution is 7.89. The maximum atomic E-state index is 12.5. The molecule has 22 heavy (non-hydrogen) atoms. The summed E-state index contributed by atoms with van der Waals surface area (Å²) in [5.74, 6) is -0.487. The SMILES string of the molecule is Cc1ccc(C)c(S(=O)(=O)NCC2(C(N)=O)CCOCC2)c1. The molecule has 0 aromatic heterocycles. The molecule has 3 N–H and O–H groups in total. The van der Waals surface area contributed by atoms with Crippen molar-refractivity contribution in [2.75, 3.05) is 19.8 Å². The summed E-state index contributed by atoms with van der Waals surface area (Å²) in [5, 5.41) is 0. The van der Waals surface area contributed by atoms with E-state index >= 15 is 0 Å². The van der Waals surface area contributed by atoms with Gasteiger partial charge in [0.15, 0.2) is 0 Å². The molecule has 1 fully saturated rings. The lowest BCUT2D eigenvalue weighted by Crippen LogP contribution is -2.49. The van der Waals surface area contributed by atoms with Crippen molar-refractivity contribution in [3.8, 4) is 0 Å². The maximum absolute atomic E-state index is 12.5. The van der Waals surface area contributed by atoms with Crippen LogP contribution in [0.15, 0.2) is 23.1 Å². The van der Waals surface area contributed by atoms with Crippen LogP contribution in [0.25, 0.3) is 0 Å². The highest BCUT2D eigenvalue weighted by Gasteiger charge is 2.39. The number of rotatable bonds is 5. The molecule has 1 aromatic rings. The Morgan fingerprint density at radius 3 is 2.55 bits per heavy atom. The lowest BCUT2D eigenvalue weighted by molar-refractivity contribution is -0.132. The fourth-order valence-electron chi connectivity index (χ4n) is 2.58. The summed E-state index contributed by atoms with van der Waals surface area (Å²) in [6.07, 6.45) is 0.856. The van der Waals surface area contributed by atoms with Crippen LogP contribution in [0.4, 0.5) is 0 Å². The minimum atomic E-state index is -3.68. The van der Waals surface area contributed by atoms with E-state index in [1.165, 1.54) is 0 Å². The number of benzene rings is 1. The average Bonchev–Trinajstić information content (AvgIpc) is 2.48. The summed E-state index contributed by atoms with van der Waals surface area (Å²) in [4.78, 5) is 12.0. The summed E-state index contributed by atoms with van der Waals surface area (Å²) in [5.41, 5.74) is 6.15. The van der Waals surface area contributed by atoms with Gasteiger partial charge in [0.2, 0.25) is 15.9 Å². The number of nitrogens with one attached hydrogen (secondary N) is 1. The van der Waals surface area contributed by atoms with Crippen LogP contribution in [0.3, 0.4) is 0 Å². The lowest BCUT2D eigenvalue weighted by Gasteiger charge is -2.34. The average molecular weight is 326 g/mol. The molecule has 0 bridgehead atoms. The molecule has 0 atom stereocenters. The Bertz CT molecular complexity index is 664. The monoisotopic (exact) mass is 326 g/mol. The number of ether oxygens (including phenoxy) is 1. The zero-order valence-electron chi connectivity index (χ0n) is 12.9. The van der Waals surface area contributed by atoms with Gasteiger partial charge in [0.05, 0.1) is 10.3 Å². The summed E-state index contributed by atoms with van der Waals surface area (Å²) >= 11 is 0. The predicted octanol–water partition coefficient (Wildman–Crippen LogP) is 0.864. The van der Waals surface area contributed by atoms with Crippen LogP contribution in [-0.2, 0) is 19.6 Å². The molecule has 0 radical (unpaired) electrons. The Hall–Kier alpha value is -1.44. The number of primary amides is 1. The molecule has 0 aliphatic carbocycles. The van der Waals surface area contributed by atoms with E-state index < -0.39 is 21.3 Å². The van der Waals surface area contributed by atoms with E-state index in [0.29, 0.717) is 31.6 Å². The molecule has 1 aliphatic heterocycles. The summed E-state index contributed by atoms with van der Waals surface area (Å²) in [6, 6.07) is 5.25. The van der Waals surface area contributed by atoms with Gasteiger partial charge < -0.3 is 10.5 Å². The zero-order valence-corrected chi connectivity index (χ0v) is 13.7. The standard InChI is InChI=1S/C15H22N2O4S/c1-11-3-4-12(2)13(9-11)22(19,20)17-10-15(14(16)18)5-7-21-8-6-15/h3-4,9,17H,5-8,10H2,1-2H3,(H2,16,18). The maximum Gasteiger partial charge on any atom is 0.240 e. The van der Waals surface area contributed by atoms with Crippen LogP contribution in [0.2, 0.25) is 0 Å². The molecular formula is C15H22N2O4S. The number of hydrogen-bond donors (Lipinski definition) is 2. The van der Waals surface area contributed by atoms with Crippen LogP contribution in [-0.4, -0.2) is 34.1 Å². The van der Waals surface area contributed by atoms with E-state index in [2.05, 4.69) is 4.72 Å². The molecule has 1 aromatic carbocycles. The van der Waals surface area contributed by atoms with Gasteiger partial charge in [0, 0.05) is 19.8 Å². The number of sulfonamides is 1. The van der Waals surface area contributed by atoms with Crippen LogP contribution >= 0.6 is 0 Å². The van der Waals surface area contributed by atoms with Gasteiger partial charge in [-0.1, -0.05) is 12.1 Å². The van der Waals surface area contributed by atoms with Gasteiger partial charge in [0.1, 0.15) is 0 Å². The van der Waals surface area contributed by atoms with E-state index in [1.54, 1.807) is 19.1 Å². The normalized spacial score (nSPS) is 18.1. The van der Waals surface area contributed by atoms with Crippen molar-refractivity contribution in [1.29, 1.82) is 0 Å². The first-order chi connectivity index (χ1) is 10.3. The Kier molecular flexibility index (Phi) is 4.89. The Morgan fingerprint density at radius 1 is 1.32 bits per heavy atom. The summed E-state index contributed by atoms with van der Waals surface area (Å²) < 4.78 is 32.8. The van der Waals surface area contributed by atoms with E-state index in [1.807, 2.05) is 13.0 Å². The second kappa shape index (κ2) is 6.36. The Labute approximate surface area is 131 Å². The molecule has 0 spiro atoms. The fourth-order valence-corrected chi connectivity index (χ4v) is 4.03. The fraction of sp³-hybridized carbons (Fsp3) is 0.533. The second-order valence-corrected chi connectivity index (χ2v) is 7.59. The topological polar surface area (TPSA) is 98.5 Å². The van der Waals surface area contributed by atoms with Gasteiger partial charge >= 0.3 is 0 Å². The van der Waals surface area contributed by atoms with Crippen molar-refractivity contribution in [2.45, 2.75) is 31.6 Å². The number of carbonyl (C=O) groups is 1. The van der Waals surface area contributed by atoms with Gasteiger partial charge in [-0.15, -0.1) is 0 Å². The highest BCUT2D eigenvalue weighted by Crippen LogP contribution is 2.30. The Morgan fingerprint density at radius 2 is 1.95 bits per heavy atom. The van der Waals surface area contributed by atoms with Gasteiger partial charge in [0.25, 0.3) is 0 Å². The minimum Gasteiger partial charge on any atom is -0.381 e. The number of hydrogen-bond acceptors (Lipinski definition) is 4. The molecule has 1 saturated heterocycles. The lowest BCUT2D eigenvalue weighted by atomic mass is 9.80. The number of amides is 1. The van der Waals surface area contributed by atoms with E-state index in [4.69, 9.17) is 10.5 Å². The Balaban J connectivity index is 2.21. The predicted molar refractivity (Wildman–Crippen MR) is 82.8 cm³/mol. The van der Waals surface area contributed by atoms with E-state index in [9.17, 15) is 13.2 Å². The van der Waals surface area contributed by atoms with Crippen LogP contribution in [0.1, 0.15) is 24.0 Å². The van der Waals surface area contributed by atoms with Gasteiger partial charge in [-0.25, -0.2) is 13.1 Å². The largest absolute Gasteiger partial charge is 0.381 e. The van der Waals surface area contributed by atoms with Crippen LogP contribution < -0.4 is 10.5 Å². The van der Waals surface area contributed by atoms with Crippen molar-refractivity contribution in [3.05, 3.63) is 29.3 Å². The van der Waals surface area contributed by atoms with Crippen LogP contribution in [0.5, 0.6) is 0 Å². The second-order valence-electron chi connectivity index (χ2n) is 5.85. The third-order valence-electron chi connectivity index (χ3n) is 4.21. The van der Waals surface area contributed by atoms with Crippen LogP contribution in [0, 0.1) is 19.3 Å². The van der Waals surface area contributed by atoms with E-state index in [0.717, 1.165) is 5.56 Å². The van der Waals surface area contributed by atoms with E-state index in [-0.39, 0.29) is 11.4 Å². The first-order valence-corrected chi connectivity index (χ1v) is 8.70. The van der Waals surface area contributed by atoms with Gasteiger partial charge in [-0.3, -0.25) is 4.79 Å². The molecule has 1 aliphatic rings. The van der Waals surface area contributed by atoms with Gasteiger partial charge in [-0.05, 0) is 43.9 Å². The summed E-state index contributed by atoms with van der Waals surface area (Å²) in [6.45, 7) is 4.40. The molecular weight excluding hydrogens is 304 g/mol. The number of nitrogens with two attached hydrogens (primary N) is 1. The first-order valence-electron chi connectivity index (χ1n) is 7.21. The number of aryl methyl sites for hydroxylation is 2. The van der Waals surface area contributed by atoms with Crippen molar-refractivity contribution >= 4 is 15.9 Å². The molecule has 0 unspecified atom stereocenters. The summed E-state index contributed by atoms with van der Waals surface area (Å²) in [7, 11) is -3.68. The van der Waals surface area contributed by atoms with Crippen molar-refractivity contribution in [2.24, 2.45) is 11.1 Å². The van der Waals surface area contributed by atoms with Crippen molar-refractivity contribution < 1.29 is 17.9 Å².